The van der Waals surface area contributed by atoms with Gasteiger partial charge in [-0.3, -0.25) is 19.2 Å². The molecule has 0 aliphatic rings. The van der Waals surface area contributed by atoms with Crippen LogP contribution in [0.1, 0.15) is 28.3 Å². The summed E-state index contributed by atoms with van der Waals surface area (Å²) in [6, 6.07) is 20.5. The number of anilines is 1. The smallest absolute Gasteiger partial charge is 0.271 e. The van der Waals surface area contributed by atoms with Crippen molar-refractivity contribution in [1.29, 1.82) is 0 Å². The topological polar surface area (TPSA) is 110 Å². The second kappa shape index (κ2) is 9.83. The molecule has 3 rings (SSSR count). The summed E-state index contributed by atoms with van der Waals surface area (Å²) in [6.45, 7) is 3.08. The first-order chi connectivity index (χ1) is 15.6. The molecular formula is C24H25N3O5S. The van der Waals surface area contributed by atoms with Gasteiger partial charge in [0.05, 0.1) is 22.9 Å². The van der Waals surface area contributed by atoms with E-state index >= 15 is 0 Å². The maximum Gasteiger partial charge on any atom is 0.271 e. The third-order valence-corrected chi connectivity index (χ3v) is 6.34. The van der Waals surface area contributed by atoms with Crippen LogP contribution in [0.25, 0.3) is 0 Å². The summed E-state index contributed by atoms with van der Waals surface area (Å²) in [7, 11) is -3.90. The lowest BCUT2D eigenvalue weighted by Crippen LogP contribution is -2.42. The average Bonchev–Trinajstić information content (AvgIpc) is 2.77. The molecule has 0 saturated carbocycles. The largest absolute Gasteiger partial charge is 0.344 e. The summed E-state index contributed by atoms with van der Waals surface area (Å²) in [5.41, 5.74) is 3.09. The van der Waals surface area contributed by atoms with E-state index in [1.807, 2.05) is 61.5 Å². The standard InChI is InChI=1S/C24H25N3O5S/c1-17-9-12-20(13-10-17)24(19-7-5-4-6-8-19)25-23(28)16-26(33(3,31)32)22-15-21(27(29)30)14-11-18(22)2/h4-15,24H,16H2,1-3H3,(H,25,28)/t24-/m0/s1. The van der Waals surface area contributed by atoms with Crippen LogP contribution in [0.4, 0.5) is 11.4 Å². The van der Waals surface area contributed by atoms with Gasteiger partial charge in [0.15, 0.2) is 0 Å². The highest BCUT2D eigenvalue weighted by Crippen LogP contribution is 2.28. The number of aryl methyl sites for hydroxylation is 2. The molecule has 0 aliphatic carbocycles. The molecule has 3 aromatic rings. The Kier molecular flexibility index (Phi) is 7.13. The highest BCUT2D eigenvalue weighted by atomic mass is 32.2. The van der Waals surface area contributed by atoms with Crippen LogP contribution in [0.15, 0.2) is 72.8 Å². The highest BCUT2D eigenvalue weighted by molar-refractivity contribution is 7.92. The molecule has 1 N–H and O–H groups in total. The summed E-state index contributed by atoms with van der Waals surface area (Å²) in [5, 5.41) is 14.1. The number of nitrogens with zero attached hydrogens (tertiary/aromatic N) is 2. The lowest BCUT2D eigenvalue weighted by Gasteiger charge is -2.26. The minimum absolute atomic E-state index is 0.0912. The van der Waals surface area contributed by atoms with Crippen molar-refractivity contribution in [2.45, 2.75) is 19.9 Å². The van der Waals surface area contributed by atoms with Crippen molar-refractivity contribution < 1.29 is 18.1 Å². The molecule has 0 unspecified atom stereocenters. The van der Waals surface area contributed by atoms with Crippen molar-refractivity contribution in [1.82, 2.24) is 5.32 Å². The van der Waals surface area contributed by atoms with Gasteiger partial charge in [0.2, 0.25) is 15.9 Å². The number of benzene rings is 3. The van der Waals surface area contributed by atoms with Crippen molar-refractivity contribution in [3.05, 3.63) is 105 Å². The van der Waals surface area contributed by atoms with Crippen LogP contribution < -0.4 is 9.62 Å². The van der Waals surface area contributed by atoms with E-state index in [0.717, 1.165) is 33.3 Å². The normalized spacial score (nSPS) is 12.1. The summed E-state index contributed by atoms with van der Waals surface area (Å²) >= 11 is 0. The third-order valence-electron chi connectivity index (χ3n) is 5.21. The first kappa shape index (κ1) is 23.9. The maximum atomic E-state index is 13.1. The fourth-order valence-corrected chi connectivity index (χ4v) is 4.37. The molecule has 0 bridgehead atoms. The number of non-ortho nitro benzene ring substituents is 1. The van der Waals surface area contributed by atoms with Gasteiger partial charge in [0.1, 0.15) is 6.54 Å². The van der Waals surface area contributed by atoms with Gasteiger partial charge in [-0.15, -0.1) is 0 Å². The lowest BCUT2D eigenvalue weighted by atomic mass is 9.98. The molecule has 0 heterocycles. The van der Waals surface area contributed by atoms with Crippen LogP contribution in [-0.2, 0) is 14.8 Å². The van der Waals surface area contributed by atoms with Crippen molar-refractivity contribution in [3.8, 4) is 0 Å². The molecule has 3 aromatic carbocycles. The molecule has 0 aromatic heterocycles. The number of carbonyl (C=O) groups excluding carboxylic acids is 1. The number of rotatable bonds is 8. The van der Waals surface area contributed by atoms with E-state index in [1.54, 1.807) is 6.92 Å². The Bertz CT molecular complexity index is 1260. The molecule has 1 amide bonds. The van der Waals surface area contributed by atoms with Gasteiger partial charge < -0.3 is 5.32 Å². The Labute approximate surface area is 193 Å². The maximum absolute atomic E-state index is 13.1. The lowest BCUT2D eigenvalue weighted by molar-refractivity contribution is -0.384. The summed E-state index contributed by atoms with van der Waals surface area (Å²) in [5.74, 6) is -0.541. The number of nitrogens with one attached hydrogen (secondary N) is 1. The SMILES string of the molecule is Cc1ccc([C@@H](NC(=O)CN(c2cc([N+](=O)[O-])ccc2C)S(C)(=O)=O)c2ccccc2)cc1. The first-order valence-electron chi connectivity index (χ1n) is 10.2. The fraction of sp³-hybridized carbons (Fsp3) is 0.208. The minimum Gasteiger partial charge on any atom is -0.344 e. The fourth-order valence-electron chi connectivity index (χ4n) is 3.46. The minimum atomic E-state index is -3.90. The van der Waals surface area contributed by atoms with Crippen molar-refractivity contribution in [2.24, 2.45) is 0 Å². The summed E-state index contributed by atoms with van der Waals surface area (Å²) in [4.78, 5) is 23.7. The van der Waals surface area contributed by atoms with Gasteiger partial charge in [-0.05, 0) is 30.5 Å². The second-order valence-electron chi connectivity index (χ2n) is 7.82. The molecule has 0 saturated heterocycles. The van der Waals surface area contributed by atoms with E-state index in [2.05, 4.69) is 5.32 Å². The zero-order valence-electron chi connectivity index (χ0n) is 18.6. The van der Waals surface area contributed by atoms with E-state index in [-0.39, 0.29) is 11.4 Å². The first-order valence-corrected chi connectivity index (χ1v) is 12.0. The molecule has 0 fully saturated rings. The molecule has 0 aliphatic heterocycles. The van der Waals surface area contributed by atoms with Crippen LogP contribution in [0.5, 0.6) is 0 Å². The van der Waals surface area contributed by atoms with Gasteiger partial charge in [0.25, 0.3) is 5.69 Å². The molecule has 8 nitrogen and oxygen atoms in total. The summed E-state index contributed by atoms with van der Waals surface area (Å²) in [6.07, 6.45) is 0.965. The Morgan fingerprint density at radius 3 is 2.18 bits per heavy atom. The third kappa shape index (κ3) is 5.95. The molecule has 9 heteroatoms. The highest BCUT2D eigenvalue weighted by Gasteiger charge is 2.26. The molecule has 0 spiro atoms. The molecule has 1 atom stereocenters. The van der Waals surface area contributed by atoms with Gasteiger partial charge in [-0.1, -0.05) is 66.2 Å². The van der Waals surface area contributed by atoms with Gasteiger partial charge >= 0.3 is 0 Å². The number of sulfonamides is 1. The Balaban J connectivity index is 1.94. The average molecular weight is 468 g/mol. The Hall–Kier alpha value is -3.72. The Morgan fingerprint density at radius 1 is 1.00 bits per heavy atom. The predicted octanol–water partition coefficient (Wildman–Crippen LogP) is 3.88. The monoisotopic (exact) mass is 467 g/mol. The zero-order chi connectivity index (χ0) is 24.2. The number of nitro groups is 1. The van der Waals surface area contributed by atoms with Gasteiger partial charge in [-0.25, -0.2) is 8.42 Å². The molecule has 172 valence electrons. The van der Waals surface area contributed by atoms with Crippen molar-refractivity contribution >= 4 is 27.3 Å². The predicted molar refractivity (Wildman–Crippen MR) is 128 cm³/mol. The van der Waals surface area contributed by atoms with Crippen molar-refractivity contribution in [3.63, 3.8) is 0 Å². The molecular weight excluding hydrogens is 442 g/mol. The van der Waals surface area contributed by atoms with Crippen LogP contribution in [0.3, 0.4) is 0 Å². The summed E-state index contributed by atoms with van der Waals surface area (Å²) < 4.78 is 26.0. The van der Waals surface area contributed by atoms with Crippen LogP contribution in [-0.4, -0.2) is 32.0 Å². The van der Waals surface area contributed by atoms with E-state index < -0.39 is 33.4 Å². The van der Waals surface area contributed by atoms with E-state index in [0.29, 0.717) is 5.56 Å². The van der Waals surface area contributed by atoms with Crippen LogP contribution in [0, 0.1) is 24.0 Å². The van der Waals surface area contributed by atoms with Crippen molar-refractivity contribution in [2.75, 3.05) is 17.1 Å². The molecule has 33 heavy (non-hydrogen) atoms. The van der Waals surface area contributed by atoms with Gasteiger partial charge in [0, 0.05) is 12.1 Å². The van der Waals surface area contributed by atoms with Crippen LogP contribution in [0.2, 0.25) is 0 Å². The van der Waals surface area contributed by atoms with Crippen LogP contribution >= 0.6 is 0 Å². The number of amides is 1. The molecule has 0 radical (unpaired) electrons. The Morgan fingerprint density at radius 2 is 1.61 bits per heavy atom. The van der Waals surface area contributed by atoms with E-state index in [1.165, 1.54) is 12.1 Å². The second-order valence-corrected chi connectivity index (χ2v) is 9.73. The van der Waals surface area contributed by atoms with E-state index in [9.17, 15) is 23.3 Å². The number of carbonyl (C=O) groups is 1. The van der Waals surface area contributed by atoms with E-state index in [4.69, 9.17) is 0 Å². The number of nitro benzene ring substituents is 1. The number of hydrogen-bond acceptors (Lipinski definition) is 5. The zero-order valence-corrected chi connectivity index (χ0v) is 19.4. The number of hydrogen-bond donors (Lipinski definition) is 1. The van der Waals surface area contributed by atoms with Gasteiger partial charge in [-0.2, -0.15) is 0 Å². The quantitative estimate of drug-likeness (QED) is 0.399.